The van der Waals surface area contributed by atoms with Gasteiger partial charge in [0.15, 0.2) is 9.84 Å². The number of rotatable bonds is 6. The molecule has 7 heteroatoms. The van der Waals surface area contributed by atoms with E-state index >= 15 is 0 Å². The molecule has 0 unspecified atom stereocenters. The summed E-state index contributed by atoms with van der Waals surface area (Å²) in [7, 11) is -3.32. The number of benzene rings is 1. The highest BCUT2D eigenvalue weighted by Crippen LogP contribution is 2.25. The summed E-state index contributed by atoms with van der Waals surface area (Å²) < 4.78 is 37.5. The van der Waals surface area contributed by atoms with Crippen molar-refractivity contribution in [3.8, 4) is 0 Å². The van der Waals surface area contributed by atoms with Crippen molar-refractivity contribution in [2.24, 2.45) is 0 Å². The van der Waals surface area contributed by atoms with Crippen LogP contribution < -0.4 is 5.32 Å². The molecule has 0 bridgehead atoms. The second kappa shape index (κ2) is 8.48. The number of nitrogens with one attached hydrogen (secondary N) is 1. The van der Waals surface area contributed by atoms with Gasteiger partial charge >= 0.3 is 0 Å². The smallest absolute Gasteiger partial charge is 0.235 e. The number of hydrogen-bond acceptors (Lipinski definition) is 4. The van der Waals surface area contributed by atoms with E-state index in [2.05, 4.69) is 10.2 Å². The number of hydrogen-bond donors (Lipinski definition) is 1. The summed E-state index contributed by atoms with van der Waals surface area (Å²) in [6.45, 7) is 2.42. The Morgan fingerprint density at radius 1 is 1.08 bits per heavy atom. The fourth-order valence-corrected chi connectivity index (χ4v) is 5.64. The van der Waals surface area contributed by atoms with Crippen LogP contribution in [0.2, 0.25) is 0 Å². The lowest BCUT2D eigenvalue weighted by atomic mass is 10.0. The molecule has 0 aromatic heterocycles. The van der Waals surface area contributed by atoms with Gasteiger partial charge in [0.05, 0.1) is 5.25 Å². The molecule has 1 aliphatic heterocycles. The number of halogens is 1. The minimum Gasteiger partial charge on any atom is -0.352 e. The van der Waals surface area contributed by atoms with Crippen LogP contribution >= 0.6 is 0 Å². The lowest BCUT2D eigenvalue weighted by Crippen LogP contribution is -2.46. The van der Waals surface area contributed by atoms with Gasteiger partial charge in [-0.05, 0) is 43.4 Å². The van der Waals surface area contributed by atoms with Crippen LogP contribution in [-0.2, 0) is 21.2 Å². The van der Waals surface area contributed by atoms with Gasteiger partial charge in [-0.25, -0.2) is 12.8 Å². The van der Waals surface area contributed by atoms with Gasteiger partial charge in [-0.1, -0.05) is 25.0 Å². The number of piperidine rings is 1. The second-order valence-electron chi connectivity index (χ2n) is 7.46. The Balaban J connectivity index is 1.42. The first-order valence-corrected chi connectivity index (χ1v) is 11.1. The molecule has 26 heavy (non-hydrogen) atoms. The first-order chi connectivity index (χ1) is 12.4. The highest BCUT2D eigenvalue weighted by atomic mass is 32.2. The molecular weight excluding hydrogens is 355 g/mol. The molecule has 1 aromatic carbocycles. The van der Waals surface area contributed by atoms with Crippen molar-refractivity contribution in [2.75, 3.05) is 18.8 Å². The zero-order valence-electron chi connectivity index (χ0n) is 15.0. The summed E-state index contributed by atoms with van der Waals surface area (Å²) in [5.41, 5.74) is 1.07. The Bertz CT molecular complexity index is 707. The maximum absolute atomic E-state index is 13.0. The highest BCUT2D eigenvalue weighted by Gasteiger charge is 2.31. The van der Waals surface area contributed by atoms with Crippen LogP contribution in [0.4, 0.5) is 4.39 Å². The predicted molar refractivity (Wildman–Crippen MR) is 98.9 cm³/mol. The third kappa shape index (κ3) is 5.27. The molecule has 0 atom stereocenters. The Morgan fingerprint density at radius 2 is 1.69 bits per heavy atom. The van der Waals surface area contributed by atoms with Gasteiger partial charge < -0.3 is 5.32 Å². The fourth-order valence-electron chi connectivity index (χ4n) is 3.90. The summed E-state index contributed by atoms with van der Waals surface area (Å²) in [6, 6.07) is 6.54. The molecule has 1 amide bonds. The maximum atomic E-state index is 13.0. The lowest BCUT2D eigenvalue weighted by Gasteiger charge is -2.32. The van der Waals surface area contributed by atoms with Crippen molar-refractivity contribution in [2.45, 2.75) is 56.4 Å². The van der Waals surface area contributed by atoms with Gasteiger partial charge in [-0.2, -0.15) is 0 Å². The average molecular weight is 383 g/mol. The number of nitrogens with zero attached hydrogens (tertiary/aromatic N) is 1. The molecule has 2 aliphatic rings. The largest absolute Gasteiger partial charge is 0.352 e. The fraction of sp³-hybridized carbons (Fsp3) is 0.632. The zero-order chi connectivity index (χ0) is 18.6. The van der Waals surface area contributed by atoms with Crippen molar-refractivity contribution in [1.82, 2.24) is 10.2 Å². The van der Waals surface area contributed by atoms with E-state index in [9.17, 15) is 17.6 Å². The molecular formula is C19H27FN2O3S. The molecule has 1 saturated heterocycles. The van der Waals surface area contributed by atoms with E-state index in [1.54, 1.807) is 12.1 Å². The van der Waals surface area contributed by atoms with Gasteiger partial charge in [0.25, 0.3) is 0 Å². The monoisotopic (exact) mass is 382 g/mol. The maximum Gasteiger partial charge on any atom is 0.235 e. The van der Waals surface area contributed by atoms with Crippen LogP contribution in [0.15, 0.2) is 24.3 Å². The van der Waals surface area contributed by atoms with Crippen LogP contribution in [0, 0.1) is 5.82 Å². The van der Waals surface area contributed by atoms with Crippen LogP contribution in [0.3, 0.4) is 0 Å². The number of likely N-dealkylation sites (tertiary alicyclic amines) is 1. The van der Waals surface area contributed by atoms with Crippen molar-refractivity contribution in [1.29, 1.82) is 0 Å². The summed E-state index contributed by atoms with van der Waals surface area (Å²) in [5, 5.41) is 2.57. The van der Waals surface area contributed by atoms with Crippen molar-refractivity contribution in [3.63, 3.8) is 0 Å². The van der Waals surface area contributed by atoms with Crippen LogP contribution in [0.5, 0.6) is 0 Å². The Morgan fingerprint density at radius 3 is 2.31 bits per heavy atom. The zero-order valence-corrected chi connectivity index (χ0v) is 15.8. The normalized spacial score (nSPS) is 20.3. The SMILES string of the molecule is O=C(CS(=O)(=O)C1CCCC1)NC1CCN(Cc2ccc(F)cc2)CC1. The first-order valence-electron chi connectivity index (χ1n) is 9.40. The van der Waals surface area contributed by atoms with E-state index in [4.69, 9.17) is 0 Å². The summed E-state index contributed by atoms with van der Waals surface area (Å²) in [6.07, 6.45) is 4.87. The third-order valence-corrected chi connectivity index (χ3v) is 7.57. The van der Waals surface area contributed by atoms with Crippen molar-refractivity contribution < 1.29 is 17.6 Å². The van der Waals surface area contributed by atoms with Crippen LogP contribution in [-0.4, -0.2) is 49.4 Å². The van der Waals surface area contributed by atoms with Crippen molar-refractivity contribution >= 4 is 15.7 Å². The van der Waals surface area contributed by atoms with E-state index in [1.165, 1.54) is 12.1 Å². The molecule has 0 spiro atoms. The molecule has 2 fully saturated rings. The Kier molecular flexibility index (Phi) is 6.29. The van der Waals surface area contributed by atoms with E-state index in [0.717, 1.165) is 50.9 Å². The summed E-state index contributed by atoms with van der Waals surface area (Å²) >= 11 is 0. The summed E-state index contributed by atoms with van der Waals surface area (Å²) in [4.78, 5) is 14.4. The first kappa shape index (κ1) is 19.3. The van der Waals surface area contributed by atoms with Gasteiger partial charge in [0, 0.05) is 25.7 Å². The number of carbonyl (C=O) groups excluding carboxylic acids is 1. The minimum absolute atomic E-state index is 0.0331. The predicted octanol–water partition coefficient (Wildman–Crippen LogP) is 2.26. The minimum atomic E-state index is -3.32. The summed E-state index contributed by atoms with van der Waals surface area (Å²) in [5.74, 6) is -0.982. The third-order valence-electron chi connectivity index (χ3n) is 5.41. The molecule has 144 valence electrons. The van der Waals surface area contributed by atoms with Gasteiger partial charge in [0.1, 0.15) is 11.6 Å². The number of carbonyl (C=O) groups is 1. The topological polar surface area (TPSA) is 66.5 Å². The molecule has 1 aromatic rings. The van der Waals surface area contributed by atoms with Crippen LogP contribution in [0.1, 0.15) is 44.1 Å². The highest BCUT2D eigenvalue weighted by molar-refractivity contribution is 7.92. The quantitative estimate of drug-likeness (QED) is 0.820. The number of sulfone groups is 1. The molecule has 1 saturated carbocycles. The van der Waals surface area contributed by atoms with E-state index in [-0.39, 0.29) is 28.8 Å². The molecule has 1 aliphatic carbocycles. The van der Waals surface area contributed by atoms with Gasteiger partial charge in [-0.15, -0.1) is 0 Å². The second-order valence-corrected chi connectivity index (χ2v) is 9.74. The van der Waals surface area contributed by atoms with E-state index in [0.29, 0.717) is 12.8 Å². The standard InChI is InChI=1S/C19H27FN2O3S/c20-16-7-5-15(6-8-16)13-22-11-9-17(10-12-22)21-19(23)14-26(24,25)18-3-1-2-4-18/h5-8,17-18H,1-4,9-14H2,(H,21,23). The molecule has 5 nitrogen and oxygen atoms in total. The van der Waals surface area contributed by atoms with Crippen molar-refractivity contribution in [3.05, 3.63) is 35.6 Å². The molecule has 1 heterocycles. The van der Waals surface area contributed by atoms with Gasteiger partial charge in [-0.3, -0.25) is 9.69 Å². The van der Waals surface area contributed by atoms with E-state index in [1.807, 2.05) is 0 Å². The van der Waals surface area contributed by atoms with E-state index < -0.39 is 9.84 Å². The van der Waals surface area contributed by atoms with Crippen LogP contribution in [0.25, 0.3) is 0 Å². The molecule has 0 radical (unpaired) electrons. The van der Waals surface area contributed by atoms with Gasteiger partial charge in [0.2, 0.25) is 5.91 Å². The Hall–Kier alpha value is -1.47. The molecule has 3 rings (SSSR count). The average Bonchev–Trinajstić information content (AvgIpc) is 3.14. The Labute approximate surface area is 154 Å². The number of amides is 1. The lowest BCUT2D eigenvalue weighted by molar-refractivity contribution is -0.119. The molecule has 1 N–H and O–H groups in total.